The van der Waals surface area contributed by atoms with Gasteiger partial charge in [-0.25, -0.2) is 9.78 Å². The molecule has 5 nitrogen and oxygen atoms in total. The summed E-state index contributed by atoms with van der Waals surface area (Å²) in [7, 11) is 0. The van der Waals surface area contributed by atoms with E-state index in [0.29, 0.717) is 21.4 Å². The monoisotopic (exact) mass is 414 g/mol. The molecule has 0 saturated carbocycles. The summed E-state index contributed by atoms with van der Waals surface area (Å²) in [6.07, 6.45) is 0. The van der Waals surface area contributed by atoms with Gasteiger partial charge in [0.05, 0.1) is 16.9 Å². The lowest BCUT2D eigenvalue weighted by molar-refractivity contribution is -0.115. The minimum atomic E-state index is -0.477. The standard InChI is InChI=1S/C21H19ClN2O3S/c1-13-6-4-7-14(2)19(13)24(15(3)25)21-23-18(12-28-21)11-27-20(26)16-8-5-9-17(22)10-16/h4-10,12H,11H2,1-3H3. The van der Waals surface area contributed by atoms with Crippen LogP contribution < -0.4 is 4.90 Å². The molecule has 1 heterocycles. The highest BCUT2D eigenvalue weighted by Gasteiger charge is 2.21. The molecule has 3 rings (SSSR count). The first kappa shape index (κ1) is 20.0. The highest BCUT2D eigenvalue weighted by molar-refractivity contribution is 7.14. The Morgan fingerprint density at radius 2 is 1.82 bits per heavy atom. The Labute approximate surface area is 172 Å². The number of amides is 1. The molecule has 28 heavy (non-hydrogen) atoms. The van der Waals surface area contributed by atoms with Crippen molar-refractivity contribution in [1.82, 2.24) is 4.98 Å². The molecule has 0 radical (unpaired) electrons. The zero-order valence-corrected chi connectivity index (χ0v) is 17.3. The van der Waals surface area contributed by atoms with Crippen molar-refractivity contribution in [3.63, 3.8) is 0 Å². The number of aromatic nitrogens is 1. The lowest BCUT2D eigenvalue weighted by atomic mass is 10.1. The van der Waals surface area contributed by atoms with E-state index in [1.54, 1.807) is 34.5 Å². The molecule has 7 heteroatoms. The lowest BCUT2D eigenvalue weighted by Crippen LogP contribution is -2.24. The number of aryl methyl sites for hydroxylation is 2. The van der Waals surface area contributed by atoms with Crippen molar-refractivity contribution in [1.29, 1.82) is 0 Å². The van der Waals surface area contributed by atoms with Crippen LogP contribution >= 0.6 is 22.9 Å². The van der Waals surface area contributed by atoms with E-state index in [2.05, 4.69) is 4.98 Å². The molecule has 2 aromatic carbocycles. The number of ether oxygens (including phenoxy) is 1. The Balaban J connectivity index is 1.78. The van der Waals surface area contributed by atoms with Crippen LogP contribution in [0.3, 0.4) is 0 Å². The highest BCUT2D eigenvalue weighted by atomic mass is 35.5. The maximum atomic E-state index is 12.3. The molecule has 144 valence electrons. The van der Waals surface area contributed by atoms with Crippen LogP contribution in [0.1, 0.15) is 34.1 Å². The van der Waals surface area contributed by atoms with Crippen LogP contribution in [0.4, 0.5) is 10.8 Å². The number of hydrogen-bond donors (Lipinski definition) is 0. The zero-order valence-electron chi connectivity index (χ0n) is 15.7. The maximum Gasteiger partial charge on any atom is 0.338 e. The molecule has 1 aromatic heterocycles. The number of esters is 1. The van der Waals surface area contributed by atoms with Crippen LogP contribution in [-0.2, 0) is 16.1 Å². The maximum absolute atomic E-state index is 12.3. The quantitative estimate of drug-likeness (QED) is 0.520. The van der Waals surface area contributed by atoms with Gasteiger partial charge in [-0.3, -0.25) is 9.69 Å². The van der Waals surface area contributed by atoms with Gasteiger partial charge < -0.3 is 4.74 Å². The predicted molar refractivity (Wildman–Crippen MR) is 111 cm³/mol. The van der Waals surface area contributed by atoms with Gasteiger partial charge in [-0.05, 0) is 43.2 Å². The van der Waals surface area contributed by atoms with Gasteiger partial charge in [0, 0.05) is 17.3 Å². The molecule has 0 aliphatic heterocycles. The fraction of sp³-hybridized carbons (Fsp3) is 0.190. The largest absolute Gasteiger partial charge is 0.456 e. The normalized spacial score (nSPS) is 10.6. The summed E-state index contributed by atoms with van der Waals surface area (Å²) in [6.45, 7) is 5.44. The topological polar surface area (TPSA) is 59.5 Å². The third-order valence-electron chi connectivity index (χ3n) is 4.12. The number of hydrogen-bond acceptors (Lipinski definition) is 5. The molecule has 3 aromatic rings. The van der Waals surface area contributed by atoms with Crippen molar-refractivity contribution in [3.8, 4) is 0 Å². The first-order chi connectivity index (χ1) is 13.4. The Bertz CT molecular complexity index is 1010. The summed E-state index contributed by atoms with van der Waals surface area (Å²) in [5.41, 5.74) is 3.75. The minimum absolute atomic E-state index is 0.0142. The summed E-state index contributed by atoms with van der Waals surface area (Å²) in [6, 6.07) is 12.4. The number of para-hydroxylation sites is 1. The first-order valence-electron chi connectivity index (χ1n) is 8.61. The van der Waals surface area contributed by atoms with Gasteiger partial charge >= 0.3 is 5.97 Å². The van der Waals surface area contributed by atoms with E-state index in [9.17, 15) is 9.59 Å². The molecule has 0 aliphatic carbocycles. The van der Waals surface area contributed by atoms with Gasteiger partial charge in [-0.2, -0.15) is 0 Å². The summed E-state index contributed by atoms with van der Waals surface area (Å²) >= 11 is 7.23. The average molecular weight is 415 g/mol. The lowest BCUT2D eigenvalue weighted by Gasteiger charge is -2.22. The SMILES string of the molecule is CC(=O)N(c1nc(COC(=O)c2cccc(Cl)c2)cs1)c1c(C)cccc1C. The molecular formula is C21H19ClN2O3S. The molecule has 1 amide bonds. The minimum Gasteiger partial charge on any atom is -0.456 e. The van der Waals surface area contributed by atoms with Crippen LogP contribution in [0.2, 0.25) is 5.02 Å². The number of benzene rings is 2. The molecule has 0 atom stereocenters. The van der Waals surface area contributed by atoms with Crippen LogP contribution in [0.15, 0.2) is 47.8 Å². The number of rotatable bonds is 5. The second kappa shape index (κ2) is 8.54. The van der Waals surface area contributed by atoms with E-state index in [0.717, 1.165) is 16.8 Å². The van der Waals surface area contributed by atoms with Crippen molar-refractivity contribution < 1.29 is 14.3 Å². The molecule has 0 spiro atoms. The summed E-state index contributed by atoms with van der Waals surface area (Å²) in [5.74, 6) is -0.607. The Hall–Kier alpha value is -2.70. The van der Waals surface area contributed by atoms with Gasteiger partial charge in [0.1, 0.15) is 6.61 Å². The van der Waals surface area contributed by atoms with Gasteiger partial charge in [0.2, 0.25) is 5.91 Å². The smallest absolute Gasteiger partial charge is 0.338 e. The Morgan fingerprint density at radius 1 is 1.14 bits per heavy atom. The van der Waals surface area contributed by atoms with Crippen LogP contribution in [-0.4, -0.2) is 16.9 Å². The van der Waals surface area contributed by atoms with Crippen molar-refractivity contribution in [2.24, 2.45) is 0 Å². The Kier molecular flexibility index (Phi) is 6.11. The van der Waals surface area contributed by atoms with E-state index < -0.39 is 5.97 Å². The number of halogens is 1. The molecule has 0 N–H and O–H groups in total. The fourth-order valence-electron chi connectivity index (χ4n) is 2.85. The van der Waals surface area contributed by atoms with Gasteiger partial charge in [-0.1, -0.05) is 35.9 Å². The molecule has 0 unspecified atom stereocenters. The molecule has 0 aliphatic rings. The van der Waals surface area contributed by atoms with Crippen LogP contribution in [0, 0.1) is 13.8 Å². The Morgan fingerprint density at radius 3 is 2.46 bits per heavy atom. The molecule has 0 bridgehead atoms. The number of thiazole rings is 1. The molecule has 0 saturated heterocycles. The van der Waals surface area contributed by atoms with E-state index in [4.69, 9.17) is 16.3 Å². The van der Waals surface area contributed by atoms with Gasteiger partial charge in [0.25, 0.3) is 0 Å². The van der Waals surface area contributed by atoms with E-state index in [1.165, 1.54) is 18.3 Å². The van der Waals surface area contributed by atoms with Crippen LogP contribution in [0.25, 0.3) is 0 Å². The fourth-order valence-corrected chi connectivity index (χ4v) is 3.90. The third kappa shape index (κ3) is 4.40. The molecular weight excluding hydrogens is 396 g/mol. The summed E-state index contributed by atoms with van der Waals surface area (Å²) in [4.78, 5) is 30.6. The average Bonchev–Trinajstić information content (AvgIpc) is 3.11. The summed E-state index contributed by atoms with van der Waals surface area (Å²) < 4.78 is 5.32. The van der Waals surface area contributed by atoms with Crippen molar-refractivity contribution >= 4 is 45.6 Å². The predicted octanol–water partition coefficient (Wildman–Crippen LogP) is 5.45. The summed E-state index contributed by atoms with van der Waals surface area (Å²) in [5, 5.41) is 2.79. The molecule has 0 fully saturated rings. The number of anilines is 2. The van der Waals surface area contributed by atoms with Crippen molar-refractivity contribution in [2.45, 2.75) is 27.4 Å². The second-order valence-corrected chi connectivity index (χ2v) is 7.58. The van der Waals surface area contributed by atoms with E-state index in [1.807, 2.05) is 32.0 Å². The van der Waals surface area contributed by atoms with E-state index >= 15 is 0 Å². The van der Waals surface area contributed by atoms with E-state index in [-0.39, 0.29) is 12.5 Å². The van der Waals surface area contributed by atoms with Crippen molar-refractivity contribution in [2.75, 3.05) is 4.90 Å². The first-order valence-corrected chi connectivity index (χ1v) is 9.86. The van der Waals surface area contributed by atoms with Gasteiger partial charge in [0.15, 0.2) is 5.13 Å². The number of carbonyl (C=O) groups is 2. The van der Waals surface area contributed by atoms with Crippen LogP contribution in [0.5, 0.6) is 0 Å². The zero-order chi connectivity index (χ0) is 20.3. The number of nitrogens with zero attached hydrogens (tertiary/aromatic N) is 2. The highest BCUT2D eigenvalue weighted by Crippen LogP contribution is 2.33. The number of carbonyl (C=O) groups excluding carboxylic acids is 2. The van der Waals surface area contributed by atoms with Crippen molar-refractivity contribution in [3.05, 3.63) is 75.3 Å². The van der Waals surface area contributed by atoms with Gasteiger partial charge in [-0.15, -0.1) is 11.3 Å². The second-order valence-electron chi connectivity index (χ2n) is 6.30. The third-order valence-corrected chi connectivity index (χ3v) is 5.23.